The Kier molecular flexibility index (Phi) is 4.17. The van der Waals surface area contributed by atoms with E-state index in [-0.39, 0.29) is 11.1 Å². The van der Waals surface area contributed by atoms with Crippen molar-refractivity contribution in [3.05, 3.63) is 34.3 Å². The van der Waals surface area contributed by atoms with Gasteiger partial charge in [-0.2, -0.15) is 13.2 Å². The normalized spacial score (nSPS) is 22.3. The lowest BCUT2D eigenvalue weighted by Crippen LogP contribution is -2.46. The molecule has 1 aliphatic heterocycles. The second-order valence-electron chi connectivity index (χ2n) is 5.80. The maximum absolute atomic E-state index is 13.4. The number of rotatable bonds is 3. The lowest BCUT2D eigenvalue weighted by Gasteiger charge is -2.36. The van der Waals surface area contributed by atoms with Gasteiger partial charge in [0.25, 0.3) is 0 Å². The van der Waals surface area contributed by atoms with Gasteiger partial charge in [0, 0.05) is 37.2 Å². The number of alkyl halides is 3. The number of hydrogen-bond acceptors (Lipinski definition) is 2. The average Bonchev–Trinajstić information content (AvgIpc) is 3.25. The van der Waals surface area contributed by atoms with Crippen LogP contribution in [0.15, 0.2) is 18.2 Å². The molecule has 21 heavy (non-hydrogen) atoms. The highest BCUT2D eigenvalue weighted by Crippen LogP contribution is 2.48. The Morgan fingerprint density at radius 3 is 2.43 bits per heavy atom. The lowest BCUT2D eigenvalue weighted by molar-refractivity contribution is -0.138. The maximum atomic E-state index is 13.4. The molecule has 0 aromatic heterocycles. The van der Waals surface area contributed by atoms with Gasteiger partial charge in [-0.15, -0.1) is 0 Å². The number of halogens is 4. The zero-order chi connectivity index (χ0) is 15.0. The van der Waals surface area contributed by atoms with Gasteiger partial charge in [-0.05, 0) is 36.5 Å². The molecule has 1 atom stereocenters. The molecule has 2 aliphatic rings. The van der Waals surface area contributed by atoms with Gasteiger partial charge >= 0.3 is 6.18 Å². The fourth-order valence-corrected chi connectivity index (χ4v) is 3.33. The zero-order valence-corrected chi connectivity index (χ0v) is 12.3. The van der Waals surface area contributed by atoms with Gasteiger partial charge in [-0.1, -0.05) is 17.7 Å². The van der Waals surface area contributed by atoms with Crippen LogP contribution in [0, 0.1) is 5.92 Å². The molecule has 1 aromatic carbocycles. The topological polar surface area (TPSA) is 15.3 Å². The summed E-state index contributed by atoms with van der Waals surface area (Å²) in [7, 11) is 0. The number of piperazine rings is 1. The minimum atomic E-state index is -4.36. The van der Waals surface area contributed by atoms with Gasteiger partial charge in [0.1, 0.15) is 0 Å². The summed E-state index contributed by atoms with van der Waals surface area (Å²) in [5.41, 5.74) is -0.193. The minimum absolute atomic E-state index is 0.138. The first-order valence-electron chi connectivity index (χ1n) is 7.28. The van der Waals surface area contributed by atoms with E-state index in [0.29, 0.717) is 11.5 Å². The summed E-state index contributed by atoms with van der Waals surface area (Å²) in [5.74, 6) is 0.338. The van der Waals surface area contributed by atoms with Crippen LogP contribution in [-0.4, -0.2) is 31.1 Å². The summed E-state index contributed by atoms with van der Waals surface area (Å²) in [5, 5.41) is 3.39. The molecule has 1 aliphatic carbocycles. The number of nitrogens with zero attached hydrogens (tertiary/aromatic N) is 1. The smallest absolute Gasteiger partial charge is 0.314 e. The molecule has 0 amide bonds. The molecule has 0 spiro atoms. The Morgan fingerprint density at radius 2 is 1.86 bits per heavy atom. The molecule has 1 aromatic rings. The second kappa shape index (κ2) is 5.78. The Morgan fingerprint density at radius 1 is 1.19 bits per heavy atom. The number of hydrogen-bond donors (Lipinski definition) is 1. The Hall–Kier alpha value is -0.780. The zero-order valence-electron chi connectivity index (χ0n) is 11.6. The summed E-state index contributed by atoms with van der Waals surface area (Å²) in [4.78, 5) is 2.19. The van der Waals surface area contributed by atoms with Crippen molar-refractivity contribution in [3.63, 3.8) is 0 Å². The molecule has 1 saturated carbocycles. The van der Waals surface area contributed by atoms with E-state index < -0.39 is 11.7 Å². The quantitative estimate of drug-likeness (QED) is 0.914. The van der Waals surface area contributed by atoms with Crippen LogP contribution in [0.5, 0.6) is 0 Å². The van der Waals surface area contributed by atoms with E-state index in [0.717, 1.165) is 45.1 Å². The van der Waals surface area contributed by atoms with Crippen molar-refractivity contribution in [3.8, 4) is 0 Å². The van der Waals surface area contributed by atoms with Crippen LogP contribution in [-0.2, 0) is 6.18 Å². The molecule has 1 saturated heterocycles. The van der Waals surface area contributed by atoms with Gasteiger partial charge in [0.05, 0.1) is 5.56 Å². The standard InChI is InChI=1S/C15H18ClF3N2/c16-11-3-4-12(13(9-11)15(17,18)19)14(10-1-2-10)21-7-5-20-6-8-21/h3-4,9-10,14,20H,1-2,5-8H2/t14-/m1/s1. The number of nitrogens with one attached hydrogen (secondary N) is 1. The van der Waals surface area contributed by atoms with Crippen LogP contribution in [0.2, 0.25) is 5.02 Å². The first-order valence-corrected chi connectivity index (χ1v) is 7.66. The van der Waals surface area contributed by atoms with Crippen molar-refractivity contribution in [1.82, 2.24) is 10.2 Å². The summed E-state index contributed by atoms with van der Waals surface area (Å²) >= 11 is 5.78. The van der Waals surface area contributed by atoms with E-state index in [1.807, 2.05) is 0 Å². The highest BCUT2D eigenvalue weighted by Gasteiger charge is 2.42. The van der Waals surface area contributed by atoms with E-state index >= 15 is 0 Å². The molecule has 2 fully saturated rings. The van der Waals surface area contributed by atoms with E-state index in [4.69, 9.17) is 11.6 Å². The SMILES string of the molecule is FC(F)(F)c1cc(Cl)ccc1[C@@H](C1CC1)N1CCNCC1. The molecular formula is C15H18ClF3N2. The van der Waals surface area contributed by atoms with Crippen molar-refractivity contribution in [2.75, 3.05) is 26.2 Å². The molecular weight excluding hydrogens is 301 g/mol. The maximum Gasteiger partial charge on any atom is 0.416 e. The predicted octanol–water partition coefficient (Wildman–Crippen LogP) is 3.72. The minimum Gasteiger partial charge on any atom is -0.314 e. The van der Waals surface area contributed by atoms with E-state index in [1.165, 1.54) is 0 Å². The van der Waals surface area contributed by atoms with Crippen LogP contribution < -0.4 is 5.32 Å². The highest BCUT2D eigenvalue weighted by molar-refractivity contribution is 6.30. The summed E-state index contributed by atoms with van der Waals surface area (Å²) in [6, 6.07) is 4.06. The first-order chi connectivity index (χ1) is 9.97. The van der Waals surface area contributed by atoms with E-state index in [1.54, 1.807) is 12.1 Å². The van der Waals surface area contributed by atoms with Crippen molar-refractivity contribution in [1.29, 1.82) is 0 Å². The fourth-order valence-electron chi connectivity index (χ4n) is 3.15. The molecule has 0 bridgehead atoms. The van der Waals surface area contributed by atoms with Crippen LogP contribution >= 0.6 is 11.6 Å². The van der Waals surface area contributed by atoms with Gasteiger partial charge in [-0.25, -0.2) is 0 Å². The average molecular weight is 319 g/mol. The van der Waals surface area contributed by atoms with E-state index in [9.17, 15) is 13.2 Å². The third kappa shape index (κ3) is 3.35. The van der Waals surface area contributed by atoms with Crippen molar-refractivity contribution < 1.29 is 13.2 Å². The first kappa shape index (κ1) is 15.1. The Bertz CT molecular complexity index is 508. The highest BCUT2D eigenvalue weighted by atomic mass is 35.5. The largest absolute Gasteiger partial charge is 0.416 e. The molecule has 3 rings (SSSR count). The summed E-state index contributed by atoms with van der Waals surface area (Å²) < 4.78 is 40.1. The van der Waals surface area contributed by atoms with Gasteiger partial charge in [-0.3, -0.25) is 4.90 Å². The van der Waals surface area contributed by atoms with Gasteiger partial charge in [0.2, 0.25) is 0 Å². The molecule has 1 heterocycles. The predicted molar refractivity (Wildman–Crippen MR) is 76.4 cm³/mol. The number of benzene rings is 1. The van der Waals surface area contributed by atoms with Crippen molar-refractivity contribution in [2.24, 2.45) is 5.92 Å². The fraction of sp³-hybridized carbons (Fsp3) is 0.600. The molecule has 6 heteroatoms. The Balaban J connectivity index is 1.99. The molecule has 1 N–H and O–H groups in total. The second-order valence-corrected chi connectivity index (χ2v) is 6.23. The summed E-state index contributed by atoms with van der Waals surface area (Å²) in [6.07, 6.45) is -2.34. The molecule has 0 unspecified atom stereocenters. The molecule has 2 nitrogen and oxygen atoms in total. The van der Waals surface area contributed by atoms with Crippen LogP contribution in [0.3, 0.4) is 0 Å². The monoisotopic (exact) mass is 318 g/mol. The molecule has 0 radical (unpaired) electrons. The van der Waals surface area contributed by atoms with Crippen molar-refractivity contribution in [2.45, 2.75) is 25.1 Å². The third-order valence-electron chi connectivity index (χ3n) is 4.25. The van der Waals surface area contributed by atoms with Gasteiger partial charge in [0.15, 0.2) is 0 Å². The van der Waals surface area contributed by atoms with Crippen molar-refractivity contribution >= 4 is 11.6 Å². The van der Waals surface area contributed by atoms with Crippen LogP contribution in [0.1, 0.15) is 30.0 Å². The lowest BCUT2D eigenvalue weighted by atomic mass is 9.94. The summed E-state index contributed by atoms with van der Waals surface area (Å²) in [6.45, 7) is 3.25. The van der Waals surface area contributed by atoms with Gasteiger partial charge < -0.3 is 5.32 Å². The molecule has 116 valence electrons. The van der Waals surface area contributed by atoms with E-state index in [2.05, 4.69) is 10.2 Å². The Labute approximate surface area is 127 Å². The van der Waals surface area contributed by atoms with Crippen LogP contribution in [0.4, 0.5) is 13.2 Å². The third-order valence-corrected chi connectivity index (χ3v) is 4.49. The van der Waals surface area contributed by atoms with Crippen LogP contribution in [0.25, 0.3) is 0 Å².